The van der Waals surface area contributed by atoms with Gasteiger partial charge >= 0.3 is 0 Å². The van der Waals surface area contributed by atoms with E-state index in [1.54, 1.807) is 24.4 Å². The monoisotopic (exact) mass is 471 g/mol. The van der Waals surface area contributed by atoms with Crippen LogP contribution in [0.2, 0.25) is 0 Å². The molecule has 1 saturated carbocycles. The number of benzene rings is 2. The van der Waals surface area contributed by atoms with Gasteiger partial charge in [-0.15, -0.1) is 0 Å². The highest BCUT2D eigenvalue weighted by molar-refractivity contribution is 5.95. The number of nitrogens with two attached hydrogens (primary N) is 2. The summed E-state index contributed by atoms with van der Waals surface area (Å²) in [5.41, 5.74) is 16.2. The molecule has 9 heteroatoms. The minimum Gasteiger partial charge on any atom is -0.366 e. The molecule has 2 fully saturated rings. The minimum absolute atomic E-state index is 0.177. The maximum atomic E-state index is 14.7. The van der Waals surface area contributed by atoms with Crippen LogP contribution in [0.15, 0.2) is 48.7 Å². The average molecular weight is 472 g/mol. The molecule has 2 aromatic heterocycles. The third kappa shape index (κ3) is 3.22. The fraction of sp³-hybridized carbons (Fsp3) is 0.308. The van der Waals surface area contributed by atoms with Crippen molar-refractivity contribution in [1.82, 2.24) is 20.2 Å². The molecule has 0 bridgehead atoms. The summed E-state index contributed by atoms with van der Waals surface area (Å²) >= 11 is 0. The Bertz CT molecular complexity index is 1470. The highest BCUT2D eigenvalue weighted by Crippen LogP contribution is 2.63. The normalized spacial score (nSPS) is 23.3. The van der Waals surface area contributed by atoms with E-state index in [0.717, 1.165) is 42.0 Å². The number of piperidine rings is 1. The van der Waals surface area contributed by atoms with E-state index >= 15 is 0 Å². The molecule has 3 atom stereocenters. The highest BCUT2D eigenvalue weighted by atomic mass is 19.1. The summed E-state index contributed by atoms with van der Waals surface area (Å²) in [7, 11) is 0. The van der Waals surface area contributed by atoms with Crippen LogP contribution < -0.4 is 16.4 Å². The Kier molecular flexibility index (Phi) is 4.86. The van der Waals surface area contributed by atoms with Gasteiger partial charge in [-0.05, 0) is 54.5 Å². The van der Waals surface area contributed by atoms with Crippen molar-refractivity contribution < 1.29 is 9.18 Å². The smallest absolute Gasteiger partial charge is 0.248 e. The summed E-state index contributed by atoms with van der Waals surface area (Å²) in [6.45, 7) is 3.90. The number of hydrogen-bond acceptors (Lipinski definition) is 6. The Morgan fingerprint density at radius 3 is 2.83 bits per heavy atom. The minimum atomic E-state index is -0.468. The Morgan fingerprint density at radius 1 is 1.26 bits per heavy atom. The molecule has 6 rings (SSSR count). The highest BCUT2D eigenvalue weighted by Gasteiger charge is 2.66. The van der Waals surface area contributed by atoms with Crippen LogP contribution in [-0.4, -0.2) is 45.7 Å². The first-order valence-corrected chi connectivity index (χ1v) is 11.8. The quantitative estimate of drug-likeness (QED) is 0.411. The van der Waals surface area contributed by atoms with E-state index in [1.807, 2.05) is 25.1 Å². The van der Waals surface area contributed by atoms with E-state index in [9.17, 15) is 9.18 Å². The zero-order valence-corrected chi connectivity index (χ0v) is 19.3. The summed E-state index contributed by atoms with van der Waals surface area (Å²) in [4.78, 5) is 23.2. The number of hydrogen-bond donors (Lipinski definition) is 3. The van der Waals surface area contributed by atoms with Crippen molar-refractivity contribution in [2.45, 2.75) is 18.8 Å². The van der Waals surface area contributed by atoms with Gasteiger partial charge in [0.1, 0.15) is 22.8 Å². The molecule has 4 aromatic rings. The molecule has 178 valence electrons. The average Bonchev–Trinajstić information content (AvgIpc) is 3.33. The third-order valence-electron chi connectivity index (χ3n) is 7.89. The maximum absolute atomic E-state index is 14.7. The number of H-pyrrole nitrogens is 1. The van der Waals surface area contributed by atoms with E-state index in [-0.39, 0.29) is 17.2 Å². The second-order valence-electron chi connectivity index (χ2n) is 9.56. The molecule has 1 aliphatic carbocycles. The van der Waals surface area contributed by atoms with Crippen molar-refractivity contribution >= 4 is 22.9 Å². The second kappa shape index (κ2) is 7.84. The number of rotatable bonds is 5. The molecule has 1 aliphatic heterocycles. The number of nitrogens with zero attached hydrogens (tertiary/aromatic N) is 4. The first-order chi connectivity index (χ1) is 16.9. The van der Waals surface area contributed by atoms with Gasteiger partial charge in [0.15, 0.2) is 5.65 Å². The van der Waals surface area contributed by atoms with Crippen LogP contribution in [0.4, 0.5) is 10.2 Å². The summed E-state index contributed by atoms with van der Waals surface area (Å²) in [5, 5.41) is 7.45. The van der Waals surface area contributed by atoms with Gasteiger partial charge in [-0.25, -0.2) is 14.4 Å². The van der Waals surface area contributed by atoms with Crippen LogP contribution >= 0.6 is 0 Å². The van der Waals surface area contributed by atoms with Crippen LogP contribution in [0.5, 0.6) is 0 Å². The van der Waals surface area contributed by atoms with E-state index < -0.39 is 5.91 Å². The van der Waals surface area contributed by atoms with Crippen LogP contribution in [-0.2, 0) is 5.41 Å². The number of halogens is 1. The van der Waals surface area contributed by atoms with Crippen molar-refractivity contribution in [3.63, 3.8) is 0 Å². The summed E-state index contributed by atoms with van der Waals surface area (Å²) in [5.74, 6) is 0.772. The van der Waals surface area contributed by atoms with Crippen LogP contribution in [0, 0.1) is 24.6 Å². The van der Waals surface area contributed by atoms with E-state index in [0.29, 0.717) is 34.9 Å². The fourth-order valence-electron chi connectivity index (χ4n) is 6.05. The number of carbonyl (C=O) groups excluding carboxylic acids is 1. The predicted octanol–water partition coefficient (Wildman–Crippen LogP) is 2.92. The molecular formula is C26H26FN7O. The number of nitrogens with one attached hydrogen (secondary N) is 1. The summed E-state index contributed by atoms with van der Waals surface area (Å²) in [6.07, 6.45) is 2.69. The lowest BCUT2D eigenvalue weighted by Gasteiger charge is -2.26. The fourth-order valence-corrected chi connectivity index (χ4v) is 6.05. The van der Waals surface area contributed by atoms with Crippen molar-refractivity contribution in [2.24, 2.45) is 23.3 Å². The maximum Gasteiger partial charge on any atom is 0.248 e. The topological polar surface area (TPSA) is 127 Å². The van der Waals surface area contributed by atoms with Crippen molar-refractivity contribution in [2.75, 3.05) is 24.5 Å². The summed E-state index contributed by atoms with van der Waals surface area (Å²) in [6, 6.07) is 12.3. The summed E-state index contributed by atoms with van der Waals surface area (Å²) < 4.78 is 14.7. The Balaban J connectivity index is 1.28. The molecule has 5 N–H and O–H groups in total. The molecule has 35 heavy (non-hydrogen) atoms. The van der Waals surface area contributed by atoms with Gasteiger partial charge in [0.05, 0.1) is 6.20 Å². The zero-order chi connectivity index (χ0) is 24.3. The van der Waals surface area contributed by atoms with Gasteiger partial charge in [-0.3, -0.25) is 9.89 Å². The first kappa shape index (κ1) is 21.7. The largest absolute Gasteiger partial charge is 0.366 e. The molecule has 0 spiro atoms. The van der Waals surface area contributed by atoms with E-state index in [1.165, 1.54) is 6.07 Å². The van der Waals surface area contributed by atoms with Crippen molar-refractivity contribution in [1.29, 1.82) is 0 Å². The Morgan fingerprint density at radius 2 is 2.09 bits per heavy atom. The lowest BCUT2D eigenvalue weighted by atomic mass is 9.91. The molecule has 0 unspecified atom stereocenters. The first-order valence-electron chi connectivity index (χ1n) is 11.8. The molecule has 2 aromatic carbocycles. The van der Waals surface area contributed by atoms with E-state index in [4.69, 9.17) is 16.5 Å². The lowest BCUT2D eigenvalue weighted by Crippen LogP contribution is -2.32. The number of anilines is 1. The molecule has 1 saturated heterocycles. The van der Waals surface area contributed by atoms with Crippen LogP contribution in [0.25, 0.3) is 22.4 Å². The zero-order valence-electron chi connectivity index (χ0n) is 19.3. The van der Waals surface area contributed by atoms with Gasteiger partial charge < -0.3 is 16.4 Å². The molecule has 2 aliphatic rings. The van der Waals surface area contributed by atoms with Gasteiger partial charge in [0.25, 0.3) is 0 Å². The lowest BCUT2D eigenvalue weighted by molar-refractivity contribution is 0.1000. The number of amides is 1. The van der Waals surface area contributed by atoms with Crippen molar-refractivity contribution in [3.8, 4) is 11.3 Å². The van der Waals surface area contributed by atoms with Crippen LogP contribution in [0.3, 0.4) is 0 Å². The second-order valence-corrected chi connectivity index (χ2v) is 9.56. The van der Waals surface area contributed by atoms with Crippen LogP contribution in [0.1, 0.15) is 27.9 Å². The number of aromatic nitrogens is 4. The third-order valence-corrected chi connectivity index (χ3v) is 7.89. The molecule has 1 amide bonds. The SMILES string of the molecule is Cc1cc(C(N)=O)ccc1-c1n[nH]c2nc(N3CC[C@@H]4[C@H](C3)[C@@]4(CN)c3ccccc3F)cnc12. The molecular weight excluding hydrogens is 445 g/mol. The van der Waals surface area contributed by atoms with Crippen molar-refractivity contribution in [3.05, 3.63) is 71.2 Å². The van der Waals surface area contributed by atoms with E-state index in [2.05, 4.69) is 20.1 Å². The van der Waals surface area contributed by atoms with Gasteiger partial charge in [0, 0.05) is 36.2 Å². The van der Waals surface area contributed by atoms with Gasteiger partial charge in [-0.1, -0.05) is 24.3 Å². The number of carbonyl (C=O) groups is 1. The number of aryl methyl sites for hydroxylation is 1. The van der Waals surface area contributed by atoms with Gasteiger partial charge in [-0.2, -0.15) is 5.10 Å². The molecule has 8 nitrogen and oxygen atoms in total. The Labute approximate surface area is 201 Å². The predicted molar refractivity (Wildman–Crippen MR) is 131 cm³/mol. The Hall–Kier alpha value is -3.85. The number of fused-ring (bicyclic) bond motifs is 2. The molecule has 0 radical (unpaired) electrons. The standard InChI is InChI=1S/C26H26FN7O/c1-14-10-15(24(29)35)6-7-16(14)22-23-25(33-32-22)31-21(11-30-23)34-9-8-17-19(12-34)26(17,13-28)18-4-2-3-5-20(18)27/h2-7,10-11,17,19H,8-9,12-13,28H2,1H3,(H2,29,35)(H,31,32,33)/t17-,19+,26-/m1/s1. The number of aromatic amines is 1. The van der Waals surface area contributed by atoms with Gasteiger partial charge in [0.2, 0.25) is 5.91 Å². The molecule has 3 heterocycles. The number of primary amides is 1.